The summed E-state index contributed by atoms with van der Waals surface area (Å²) in [4.78, 5) is 26.2. The Morgan fingerprint density at radius 2 is 1.87 bits per heavy atom. The third kappa shape index (κ3) is 4.81. The Morgan fingerprint density at radius 1 is 1.22 bits per heavy atom. The molecule has 1 atom stereocenters. The molecular weight excluding hydrogens is 288 g/mol. The van der Waals surface area contributed by atoms with Crippen LogP contribution in [0.3, 0.4) is 0 Å². The minimum atomic E-state index is -0.237. The summed E-state index contributed by atoms with van der Waals surface area (Å²) in [6.45, 7) is 9.87. The lowest BCUT2D eigenvalue weighted by Gasteiger charge is -2.17. The van der Waals surface area contributed by atoms with Gasteiger partial charge in [0.05, 0.1) is 5.92 Å². The topological polar surface area (TPSA) is 49.4 Å². The van der Waals surface area contributed by atoms with Gasteiger partial charge >= 0.3 is 0 Å². The molecule has 4 heteroatoms. The van der Waals surface area contributed by atoms with E-state index in [0.29, 0.717) is 24.8 Å². The Bertz CT molecular complexity index is 549. The molecular formula is C19H28N2O2. The molecule has 1 aromatic carbocycles. The predicted octanol–water partition coefficient (Wildman–Crippen LogP) is 3.64. The van der Waals surface area contributed by atoms with Crippen LogP contribution < -0.4 is 5.32 Å². The van der Waals surface area contributed by atoms with E-state index in [9.17, 15) is 9.59 Å². The summed E-state index contributed by atoms with van der Waals surface area (Å²) < 4.78 is 0. The second-order valence-corrected chi connectivity index (χ2v) is 7.19. The average molecular weight is 316 g/mol. The van der Waals surface area contributed by atoms with E-state index < -0.39 is 0 Å². The highest BCUT2D eigenvalue weighted by molar-refractivity contribution is 5.97. The minimum absolute atomic E-state index is 0.0531. The third-order valence-electron chi connectivity index (χ3n) is 4.41. The third-order valence-corrected chi connectivity index (χ3v) is 4.41. The van der Waals surface area contributed by atoms with E-state index in [-0.39, 0.29) is 17.7 Å². The molecule has 1 unspecified atom stereocenters. The van der Waals surface area contributed by atoms with Gasteiger partial charge < -0.3 is 10.2 Å². The second kappa shape index (κ2) is 7.62. The number of carbonyl (C=O) groups is 2. The van der Waals surface area contributed by atoms with Gasteiger partial charge in [0.1, 0.15) is 0 Å². The molecule has 1 fully saturated rings. The van der Waals surface area contributed by atoms with Gasteiger partial charge in [-0.05, 0) is 36.0 Å². The Morgan fingerprint density at radius 3 is 2.43 bits per heavy atom. The first kappa shape index (κ1) is 17.5. The molecule has 0 saturated carbocycles. The van der Waals surface area contributed by atoms with Crippen LogP contribution in [0.2, 0.25) is 0 Å². The van der Waals surface area contributed by atoms with Gasteiger partial charge in [-0.25, -0.2) is 0 Å². The number of likely N-dealkylation sites (tertiary alicyclic amines) is 1. The van der Waals surface area contributed by atoms with Crippen molar-refractivity contribution in [3.8, 4) is 0 Å². The highest BCUT2D eigenvalue weighted by atomic mass is 16.2. The van der Waals surface area contributed by atoms with Crippen molar-refractivity contribution >= 4 is 17.5 Å². The molecule has 0 aromatic heterocycles. The maximum Gasteiger partial charge on any atom is 0.229 e. The van der Waals surface area contributed by atoms with Crippen molar-refractivity contribution in [2.24, 2.45) is 11.8 Å². The SMILES string of the molecule is CC(C)CCN1CC(C(=O)Nc2ccc(C(C)C)cc2)CC1=O. The summed E-state index contributed by atoms with van der Waals surface area (Å²) in [6, 6.07) is 7.94. The van der Waals surface area contributed by atoms with Gasteiger partial charge in [-0.2, -0.15) is 0 Å². The number of nitrogens with zero attached hydrogens (tertiary/aromatic N) is 1. The van der Waals surface area contributed by atoms with Crippen molar-refractivity contribution in [3.05, 3.63) is 29.8 Å². The van der Waals surface area contributed by atoms with E-state index in [1.54, 1.807) is 0 Å². The second-order valence-electron chi connectivity index (χ2n) is 7.19. The van der Waals surface area contributed by atoms with Gasteiger partial charge in [0.2, 0.25) is 11.8 Å². The zero-order valence-corrected chi connectivity index (χ0v) is 14.6. The molecule has 1 aromatic rings. The van der Waals surface area contributed by atoms with Gasteiger partial charge in [0, 0.05) is 25.2 Å². The van der Waals surface area contributed by atoms with E-state index in [2.05, 4.69) is 33.0 Å². The number of benzene rings is 1. The van der Waals surface area contributed by atoms with Crippen LogP contribution >= 0.6 is 0 Å². The molecule has 1 saturated heterocycles. The Labute approximate surface area is 139 Å². The molecule has 0 spiro atoms. The number of rotatable bonds is 6. The molecule has 1 aliphatic rings. The summed E-state index contributed by atoms with van der Waals surface area (Å²) in [5.41, 5.74) is 2.05. The van der Waals surface area contributed by atoms with Crippen molar-refractivity contribution in [1.29, 1.82) is 0 Å². The number of anilines is 1. The fourth-order valence-electron chi connectivity index (χ4n) is 2.77. The summed E-state index contributed by atoms with van der Waals surface area (Å²) in [5.74, 6) is 0.847. The predicted molar refractivity (Wildman–Crippen MR) is 93.3 cm³/mol. The van der Waals surface area contributed by atoms with Crippen LogP contribution in [0.25, 0.3) is 0 Å². The van der Waals surface area contributed by atoms with Crippen LogP contribution in [0.5, 0.6) is 0 Å². The Kier molecular flexibility index (Phi) is 5.80. The zero-order valence-electron chi connectivity index (χ0n) is 14.6. The molecule has 1 N–H and O–H groups in total. The van der Waals surface area contributed by atoms with E-state index in [0.717, 1.165) is 18.7 Å². The Hall–Kier alpha value is -1.84. The lowest BCUT2D eigenvalue weighted by atomic mass is 10.0. The molecule has 23 heavy (non-hydrogen) atoms. The zero-order chi connectivity index (χ0) is 17.0. The van der Waals surface area contributed by atoms with Crippen molar-refractivity contribution in [2.45, 2.75) is 46.5 Å². The molecule has 2 amide bonds. The fourth-order valence-corrected chi connectivity index (χ4v) is 2.77. The molecule has 0 aliphatic carbocycles. The lowest BCUT2D eigenvalue weighted by molar-refractivity contribution is -0.128. The van der Waals surface area contributed by atoms with Crippen LogP contribution in [0.4, 0.5) is 5.69 Å². The summed E-state index contributed by atoms with van der Waals surface area (Å²) in [5, 5.41) is 2.94. The number of nitrogens with one attached hydrogen (secondary N) is 1. The van der Waals surface area contributed by atoms with Crippen molar-refractivity contribution < 1.29 is 9.59 Å². The highest BCUT2D eigenvalue weighted by Gasteiger charge is 2.34. The van der Waals surface area contributed by atoms with Crippen molar-refractivity contribution in [3.63, 3.8) is 0 Å². The molecule has 4 nitrogen and oxygen atoms in total. The molecule has 0 radical (unpaired) electrons. The maximum atomic E-state index is 12.4. The Balaban J connectivity index is 1.90. The first-order valence-corrected chi connectivity index (χ1v) is 8.55. The molecule has 126 valence electrons. The molecule has 1 heterocycles. The van der Waals surface area contributed by atoms with E-state index >= 15 is 0 Å². The van der Waals surface area contributed by atoms with Crippen molar-refractivity contribution in [1.82, 2.24) is 4.90 Å². The first-order chi connectivity index (χ1) is 10.9. The largest absolute Gasteiger partial charge is 0.342 e. The molecule has 1 aliphatic heterocycles. The van der Waals surface area contributed by atoms with E-state index in [4.69, 9.17) is 0 Å². The van der Waals surface area contributed by atoms with Crippen LogP contribution in [-0.4, -0.2) is 29.8 Å². The van der Waals surface area contributed by atoms with Crippen LogP contribution in [-0.2, 0) is 9.59 Å². The smallest absolute Gasteiger partial charge is 0.229 e. The van der Waals surface area contributed by atoms with Crippen LogP contribution in [0.15, 0.2) is 24.3 Å². The van der Waals surface area contributed by atoms with E-state index in [1.165, 1.54) is 5.56 Å². The average Bonchev–Trinajstić information content (AvgIpc) is 2.87. The minimum Gasteiger partial charge on any atom is -0.342 e. The van der Waals surface area contributed by atoms with Gasteiger partial charge in [0.15, 0.2) is 0 Å². The number of carbonyl (C=O) groups excluding carboxylic acids is 2. The lowest BCUT2D eigenvalue weighted by Crippen LogP contribution is -2.29. The van der Waals surface area contributed by atoms with Crippen LogP contribution in [0, 0.1) is 11.8 Å². The number of hydrogen-bond donors (Lipinski definition) is 1. The van der Waals surface area contributed by atoms with Gasteiger partial charge in [-0.15, -0.1) is 0 Å². The van der Waals surface area contributed by atoms with Gasteiger partial charge in [-0.3, -0.25) is 9.59 Å². The first-order valence-electron chi connectivity index (χ1n) is 8.55. The summed E-state index contributed by atoms with van der Waals surface area (Å²) >= 11 is 0. The van der Waals surface area contributed by atoms with Gasteiger partial charge in [0.25, 0.3) is 0 Å². The summed E-state index contributed by atoms with van der Waals surface area (Å²) in [7, 11) is 0. The standard InChI is InChI=1S/C19H28N2O2/c1-13(2)9-10-21-12-16(11-18(21)22)19(23)20-17-7-5-15(6-8-17)14(3)4/h5-8,13-14,16H,9-12H2,1-4H3,(H,20,23). The maximum absolute atomic E-state index is 12.4. The van der Waals surface area contributed by atoms with Gasteiger partial charge in [-0.1, -0.05) is 39.8 Å². The molecule has 2 rings (SSSR count). The molecule has 0 bridgehead atoms. The van der Waals surface area contributed by atoms with Crippen LogP contribution in [0.1, 0.15) is 52.0 Å². The monoisotopic (exact) mass is 316 g/mol. The quantitative estimate of drug-likeness (QED) is 0.871. The van der Waals surface area contributed by atoms with Crippen molar-refractivity contribution in [2.75, 3.05) is 18.4 Å². The number of amides is 2. The number of hydrogen-bond acceptors (Lipinski definition) is 2. The normalized spacial score (nSPS) is 18.1. The summed E-state index contributed by atoms with van der Waals surface area (Å²) in [6.07, 6.45) is 1.31. The van der Waals surface area contributed by atoms with E-state index in [1.807, 2.05) is 29.2 Å². The highest BCUT2D eigenvalue weighted by Crippen LogP contribution is 2.22. The fraction of sp³-hybridized carbons (Fsp3) is 0.579.